The normalized spacial score (nSPS) is 15.3. The molecule has 8 nitrogen and oxygen atoms in total. The minimum Gasteiger partial charge on any atom is -0.458 e. The molecule has 168 valence electrons. The average molecular weight is 456 g/mol. The van der Waals surface area contributed by atoms with Gasteiger partial charge in [0.05, 0.1) is 29.8 Å². The SMILES string of the molecule is CCOP(=O)(OCC)C1(Oc2cccc3c2c(N)c(C)n3Cc2ccccc2)C(=O)C1=O. The predicted octanol–water partition coefficient (Wildman–Crippen LogP) is 4.07. The van der Waals surface area contributed by atoms with Crippen molar-refractivity contribution in [3.8, 4) is 5.75 Å². The smallest absolute Gasteiger partial charge is 0.390 e. The van der Waals surface area contributed by atoms with Crippen LogP contribution in [-0.2, 0) is 29.7 Å². The number of carbonyl (C=O) groups excluding carboxylic acids is 2. The summed E-state index contributed by atoms with van der Waals surface area (Å²) in [7, 11) is -4.21. The standard InChI is InChI=1S/C23H25N2O6P/c1-4-29-32(28,30-5-2)23(21(26)22(23)27)31-18-13-9-12-17-19(18)20(24)15(3)25(17)14-16-10-7-6-8-11-16/h6-13H,4-5,14,24H2,1-3H3. The molecule has 0 aliphatic heterocycles. The van der Waals surface area contributed by atoms with Crippen molar-refractivity contribution in [1.82, 2.24) is 4.57 Å². The highest BCUT2D eigenvalue weighted by Crippen LogP contribution is 2.67. The van der Waals surface area contributed by atoms with Gasteiger partial charge in [0.25, 0.3) is 11.6 Å². The third-order valence-corrected chi connectivity index (χ3v) is 8.01. The van der Waals surface area contributed by atoms with Crippen LogP contribution < -0.4 is 10.5 Å². The van der Waals surface area contributed by atoms with Gasteiger partial charge >= 0.3 is 12.9 Å². The molecule has 1 fully saturated rings. The third-order valence-electron chi connectivity index (χ3n) is 5.54. The van der Waals surface area contributed by atoms with Crippen LogP contribution in [0.3, 0.4) is 0 Å². The molecule has 9 heteroatoms. The summed E-state index contributed by atoms with van der Waals surface area (Å²) < 4.78 is 31.9. The Morgan fingerprint density at radius 3 is 2.16 bits per heavy atom. The maximum Gasteiger partial charge on any atom is 0.390 e. The Hall–Kier alpha value is -2.93. The van der Waals surface area contributed by atoms with E-state index < -0.39 is 24.5 Å². The van der Waals surface area contributed by atoms with Gasteiger partial charge in [-0.2, -0.15) is 0 Å². The highest BCUT2D eigenvalue weighted by atomic mass is 31.2. The molecule has 2 N–H and O–H groups in total. The van der Waals surface area contributed by atoms with Crippen LogP contribution in [0.25, 0.3) is 10.9 Å². The molecule has 3 aromatic rings. The zero-order valence-corrected chi connectivity index (χ0v) is 19.1. The van der Waals surface area contributed by atoms with E-state index in [1.54, 1.807) is 26.0 Å². The molecule has 0 atom stereocenters. The lowest BCUT2D eigenvalue weighted by Gasteiger charge is -2.24. The number of ether oxygens (including phenoxy) is 1. The number of nitrogens with two attached hydrogens (primary N) is 1. The molecule has 1 aliphatic rings. The van der Waals surface area contributed by atoms with Gasteiger partial charge in [0, 0.05) is 12.2 Å². The fraction of sp³-hybridized carbons (Fsp3) is 0.304. The molecule has 1 aromatic heterocycles. The number of nitrogens with zero attached hydrogens (tertiary/aromatic N) is 1. The molecule has 0 bridgehead atoms. The number of anilines is 1. The van der Waals surface area contributed by atoms with Crippen molar-refractivity contribution in [2.45, 2.75) is 32.7 Å². The molecule has 0 radical (unpaired) electrons. The van der Waals surface area contributed by atoms with Crippen LogP contribution in [-0.4, -0.2) is 34.7 Å². The first-order valence-corrected chi connectivity index (χ1v) is 11.9. The predicted molar refractivity (Wildman–Crippen MR) is 121 cm³/mol. The Morgan fingerprint density at radius 2 is 1.59 bits per heavy atom. The van der Waals surface area contributed by atoms with Gasteiger partial charge in [-0.15, -0.1) is 0 Å². The van der Waals surface area contributed by atoms with Gasteiger partial charge in [-0.25, -0.2) is 0 Å². The Balaban J connectivity index is 1.82. The molecular weight excluding hydrogens is 431 g/mol. The Morgan fingerprint density at radius 1 is 0.969 bits per heavy atom. The Kier molecular flexibility index (Phi) is 5.71. The largest absolute Gasteiger partial charge is 0.458 e. The van der Waals surface area contributed by atoms with Crippen LogP contribution in [0.1, 0.15) is 25.1 Å². The second kappa shape index (κ2) is 8.20. The summed E-state index contributed by atoms with van der Waals surface area (Å²) in [4.78, 5) is 24.9. The number of Topliss-reactive ketones (excluding diaryl/α,β-unsaturated/α-hetero) is 2. The molecule has 32 heavy (non-hydrogen) atoms. The van der Waals surface area contributed by atoms with Crippen LogP contribution in [0, 0.1) is 6.92 Å². The zero-order chi connectivity index (χ0) is 23.1. The van der Waals surface area contributed by atoms with Gasteiger partial charge in [-0.3, -0.25) is 14.2 Å². The van der Waals surface area contributed by atoms with Gasteiger partial charge in [0.2, 0.25) is 0 Å². The van der Waals surface area contributed by atoms with E-state index >= 15 is 0 Å². The fourth-order valence-corrected chi connectivity index (χ4v) is 5.88. The number of fused-ring (bicyclic) bond motifs is 1. The van der Waals surface area contributed by atoms with E-state index in [0.29, 0.717) is 17.6 Å². The van der Waals surface area contributed by atoms with Crippen LogP contribution >= 0.6 is 7.60 Å². The molecule has 1 saturated carbocycles. The lowest BCUT2D eigenvalue weighted by atomic mass is 10.2. The monoisotopic (exact) mass is 456 g/mol. The molecule has 1 aliphatic carbocycles. The van der Waals surface area contributed by atoms with E-state index in [1.807, 2.05) is 47.9 Å². The number of rotatable bonds is 9. The molecule has 0 amide bonds. The second-order valence-corrected chi connectivity index (χ2v) is 9.60. The summed E-state index contributed by atoms with van der Waals surface area (Å²) in [6.45, 7) is 5.63. The van der Waals surface area contributed by atoms with Gasteiger partial charge in [-0.1, -0.05) is 36.4 Å². The van der Waals surface area contributed by atoms with E-state index in [1.165, 1.54) is 0 Å². The summed E-state index contributed by atoms with van der Waals surface area (Å²) in [5, 5.41) is -1.76. The molecular formula is C23H25N2O6P. The van der Waals surface area contributed by atoms with E-state index in [9.17, 15) is 14.2 Å². The van der Waals surface area contributed by atoms with E-state index in [0.717, 1.165) is 16.8 Å². The minimum absolute atomic E-state index is 0.0121. The number of aromatic nitrogens is 1. The van der Waals surface area contributed by atoms with Crippen LogP contribution in [0.15, 0.2) is 48.5 Å². The highest BCUT2D eigenvalue weighted by molar-refractivity contribution is 7.61. The van der Waals surface area contributed by atoms with Gasteiger partial charge < -0.3 is 24.1 Å². The Labute approximate surface area is 185 Å². The molecule has 4 rings (SSSR count). The van der Waals surface area contributed by atoms with Crippen molar-refractivity contribution < 1.29 is 27.9 Å². The van der Waals surface area contributed by atoms with Crippen LogP contribution in [0.2, 0.25) is 0 Å². The first-order valence-electron chi connectivity index (χ1n) is 10.4. The number of carbonyl (C=O) groups is 2. The molecule has 0 saturated heterocycles. The first kappa shape index (κ1) is 22.3. The van der Waals surface area contributed by atoms with Crippen molar-refractivity contribution in [2.24, 2.45) is 0 Å². The summed E-state index contributed by atoms with van der Waals surface area (Å²) in [5.74, 6) is -1.69. The zero-order valence-electron chi connectivity index (χ0n) is 18.2. The number of nitrogen functional groups attached to an aromatic ring is 1. The number of hydrogen-bond acceptors (Lipinski definition) is 7. The molecule has 2 aromatic carbocycles. The fourth-order valence-electron chi connectivity index (χ4n) is 3.91. The maximum atomic E-state index is 13.4. The quantitative estimate of drug-likeness (QED) is 0.294. The molecule has 0 spiro atoms. The molecule has 1 heterocycles. The van der Waals surface area contributed by atoms with Crippen LogP contribution in [0.4, 0.5) is 5.69 Å². The second-order valence-electron chi connectivity index (χ2n) is 7.46. The topological polar surface area (TPSA) is 110 Å². The van der Waals surface area contributed by atoms with E-state index in [-0.39, 0.29) is 19.0 Å². The van der Waals surface area contributed by atoms with Gasteiger partial charge in [0.15, 0.2) is 0 Å². The highest BCUT2D eigenvalue weighted by Gasteiger charge is 2.81. The van der Waals surface area contributed by atoms with Crippen molar-refractivity contribution in [2.75, 3.05) is 18.9 Å². The summed E-state index contributed by atoms with van der Waals surface area (Å²) in [5.41, 5.74) is 9.53. The van der Waals surface area contributed by atoms with Crippen molar-refractivity contribution in [3.05, 3.63) is 59.8 Å². The lowest BCUT2D eigenvalue weighted by molar-refractivity contribution is -0.122. The van der Waals surface area contributed by atoms with E-state index in [2.05, 4.69) is 0 Å². The van der Waals surface area contributed by atoms with Crippen molar-refractivity contribution >= 4 is 35.8 Å². The average Bonchev–Trinajstić information content (AvgIpc) is 3.21. The summed E-state index contributed by atoms with van der Waals surface area (Å²) >= 11 is 0. The lowest BCUT2D eigenvalue weighted by Crippen LogP contribution is -2.27. The van der Waals surface area contributed by atoms with Crippen molar-refractivity contribution in [1.29, 1.82) is 0 Å². The minimum atomic E-state index is -4.21. The summed E-state index contributed by atoms with van der Waals surface area (Å²) in [6.07, 6.45) is 0. The number of benzene rings is 2. The Bertz CT molecular complexity index is 1230. The van der Waals surface area contributed by atoms with Gasteiger partial charge in [0.1, 0.15) is 5.75 Å². The first-order chi connectivity index (χ1) is 15.3. The number of ketones is 2. The summed E-state index contributed by atoms with van der Waals surface area (Å²) in [6, 6.07) is 15.1. The van der Waals surface area contributed by atoms with Crippen LogP contribution in [0.5, 0.6) is 5.75 Å². The van der Waals surface area contributed by atoms with E-state index in [4.69, 9.17) is 19.5 Å². The number of hydrogen-bond donors (Lipinski definition) is 1. The third kappa shape index (κ3) is 3.26. The van der Waals surface area contributed by atoms with Gasteiger partial charge in [-0.05, 0) is 38.5 Å². The van der Waals surface area contributed by atoms with Crippen molar-refractivity contribution in [3.63, 3.8) is 0 Å². The maximum absolute atomic E-state index is 13.4. The molecule has 0 unspecified atom stereocenters.